The van der Waals surface area contributed by atoms with Gasteiger partial charge in [0.2, 0.25) is 5.91 Å². The number of thioether (sulfide) groups is 1. The summed E-state index contributed by atoms with van der Waals surface area (Å²) in [6, 6.07) is 13.8. The van der Waals surface area contributed by atoms with Crippen LogP contribution >= 0.6 is 11.8 Å². The smallest absolute Gasteiger partial charge is 0.256 e. The van der Waals surface area contributed by atoms with Gasteiger partial charge in [0.25, 0.3) is 5.56 Å². The van der Waals surface area contributed by atoms with Gasteiger partial charge in [-0.05, 0) is 18.2 Å². The van der Waals surface area contributed by atoms with Crippen molar-refractivity contribution < 1.29 is 13.9 Å². The van der Waals surface area contributed by atoms with Crippen LogP contribution in [0.25, 0.3) is 0 Å². The highest BCUT2D eigenvalue weighted by atomic mass is 32.2. The third-order valence-corrected chi connectivity index (χ3v) is 6.07. The van der Waals surface area contributed by atoms with Crippen molar-refractivity contribution in [1.82, 2.24) is 14.9 Å². The Morgan fingerprint density at radius 2 is 2.03 bits per heavy atom. The number of methoxy groups -OCH3 is 1. The van der Waals surface area contributed by atoms with Gasteiger partial charge in [-0.25, -0.2) is 9.37 Å². The van der Waals surface area contributed by atoms with Crippen molar-refractivity contribution in [3.05, 3.63) is 81.5 Å². The second kappa shape index (κ2) is 9.97. The Kier molecular flexibility index (Phi) is 6.87. The maximum Gasteiger partial charge on any atom is 0.256 e. The minimum Gasteiger partial charge on any atom is -0.496 e. The van der Waals surface area contributed by atoms with Crippen molar-refractivity contribution in [1.29, 1.82) is 0 Å². The summed E-state index contributed by atoms with van der Waals surface area (Å²) in [5.74, 6) is -0.0336. The molecule has 1 amide bonds. The van der Waals surface area contributed by atoms with Crippen LogP contribution in [-0.4, -0.2) is 40.2 Å². The Labute approximate surface area is 189 Å². The fraction of sp³-hybridized carbons (Fsp3) is 0.261. The van der Waals surface area contributed by atoms with Crippen molar-refractivity contribution in [3.8, 4) is 5.75 Å². The van der Waals surface area contributed by atoms with Crippen LogP contribution in [0, 0.1) is 5.82 Å². The van der Waals surface area contributed by atoms with E-state index in [0.717, 1.165) is 35.3 Å². The van der Waals surface area contributed by atoms with Gasteiger partial charge >= 0.3 is 0 Å². The van der Waals surface area contributed by atoms with Crippen molar-refractivity contribution in [2.45, 2.75) is 24.7 Å². The second-order valence-electron chi connectivity index (χ2n) is 7.39. The molecule has 1 aliphatic rings. The molecule has 0 fully saturated rings. The van der Waals surface area contributed by atoms with Gasteiger partial charge in [-0.15, -0.1) is 0 Å². The van der Waals surface area contributed by atoms with Crippen LogP contribution in [0.1, 0.15) is 16.8 Å². The van der Waals surface area contributed by atoms with Crippen molar-refractivity contribution >= 4 is 23.4 Å². The molecule has 1 aliphatic heterocycles. The molecule has 0 saturated carbocycles. The minimum absolute atomic E-state index is 0.00991. The second-order valence-corrected chi connectivity index (χ2v) is 8.35. The lowest BCUT2D eigenvalue weighted by Crippen LogP contribution is -2.35. The predicted molar refractivity (Wildman–Crippen MR) is 121 cm³/mol. The van der Waals surface area contributed by atoms with E-state index >= 15 is 0 Å². The third kappa shape index (κ3) is 5.17. The molecule has 0 bridgehead atoms. The quantitative estimate of drug-likeness (QED) is 0.421. The predicted octanol–water partition coefficient (Wildman–Crippen LogP) is 3.21. The molecule has 4 rings (SSSR count). The Morgan fingerprint density at radius 1 is 1.25 bits per heavy atom. The van der Waals surface area contributed by atoms with E-state index in [2.05, 4.69) is 20.2 Å². The number of para-hydroxylation sites is 2. The van der Waals surface area contributed by atoms with Gasteiger partial charge < -0.3 is 15.0 Å². The van der Waals surface area contributed by atoms with Crippen LogP contribution in [0.2, 0.25) is 0 Å². The Hall–Kier alpha value is -3.17. The Bertz CT molecular complexity index is 1180. The van der Waals surface area contributed by atoms with Gasteiger partial charge in [-0.2, -0.15) is 0 Å². The van der Waals surface area contributed by atoms with Crippen molar-refractivity contribution in [2.24, 2.45) is 0 Å². The van der Waals surface area contributed by atoms with Crippen molar-refractivity contribution in [2.75, 3.05) is 24.7 Å². The van der Waals surface area contributed by atoms with Crippen LogP contribution in [0.15, 0.2) is 58.5 Å². The number of ether oxygens (including phenoxy) is 1. The number of anilines is 1. The molecule has 0 radical (unpaired) electrons. The summed E-state index contributed by atoms with van der Waals surface area (Å²) < 4.78 is 19.1. The van der Waals surface area contributed by atoms with E-state index in [9.17, 15) is 14.0 Å². The topological polar surface area (TPSA) is 87.3 Å². The third-order valence-electron chi connectivity index (χ3n) is 5.20. The average molecular weight is 455 g/mol. The summed E-state index contributed by atoms with van der Waals surface area (Å²) >= 11 is 1.12. The van der Waals surface area contributed by atoms with E-state index in [1.807, 2.05) is 24.3 Å². The highest BCUT2D eigenvalue weighted by molar-refractivity contribution is 7.99. The van der Waals surface area contributed by atoms with Crippen LogP contribution in [0.4, 0.5) is 10.1 Å². The Morgan fingerprint density at radius 3 is 2.84 bits per heavy atom. The van der Waals surface area contributed by atoms with E-state index in [0.29, 0.717) is 30.2 Å². The summed E-state index contributed by atoms with van der Waals surface area (Å²) in [4.78, 5) is 34.3. The largest absolute Gasteiger partial charge is 0.496 e. The zero-order valence-corrected chi connectivity index (χ0v) is 18.4. The number of aromatic amines is 1. The van der Waals surface area contributed by atoms with Crippen LogP contribution in [0.3, 0.4) is 0 Å². The molecule has 32 heavy (non-hydrogen) atoms. The summed E-state index contributed by atoms with van der Waals surface area (Å²) in [5, 5.41) is 2.91. The molecule has 0 unspecified atom stereocenters. The lowest BCUT2D eigenvalue weighted by molar-refractivity contribution is -0.113. The summed E-state index contributed by atoms with van der Waals surface area (Å²) in [6.07, 6.45) is 0.642. The molecule has 2 aromatic carbocycles. The standard InChI is InChI=1S/C23H23FN4O3S/c1-31-20-9-5-2-6-15(20)12-28-11-10-18-16(13-28)22(30)27-23(26-18)32-14-21(29)25-19-8-4-3-7-17(19)24/h2-9H,10-14H2,1H3,(H,25,29)(H,26,27,30). The van der Waals surface area contributed by atoms with E-state index in [-0.39, 0.29) is 22.9 Å². The molecule has 2 N–H and O–H groups in total. The molecule has 1 aromatic heterocycles. The molecular weight excluding hydrogens is 431 g/mol. The SMILES string of the molecule is COc1ccccc1CN1CCc2nc(SCC(=O)Nc3ccccc3F)[nH]c(=O)c2C1. The lowest BCUT2D eigenvalue weighted by atomic mass is 10.1. The number of hydrogen-bond acceptors (Lipinski definition) is 6. The Balaban J connectivity index is 1.39. The number of nitrogens with zero attached hydrogens (tertiary/aromatic N) is 2. The first-order valence-corrected chi connectivity index (χ1v) is 11.2. The van der Waals surface area contributed by atoms with Gasteiger partial charge in [0.1, 0.15) is 11.6 Å². The highest BCUT2D eigenvalue weighted by Gasteiger charge is 2.22. The van der Waals surface area contributed by atoms with E-state index in [1.165, 1.54) is 12.1 Å². The van der Waals surface area contributed by atoms with Gasteiger partial charge in [0, 0.05) is 31.6 Å². The molecule has 2 heterocycles. The number of amides is 1. The molecular formula is C23H23FN4O3S. The summed E-state index contributed by atoms with van der Waals surface area (Å²) in [7, 11) is 1.65. The van der Waals surface area contributed by atoms with E-state index in [4.69, 9.17) is 4.74 Å². The van der Waals surface area contributed by atoms with Crippen LogP contribution < -0.4 is 15.6 Å². The number of H-pyrrole nitrogens is 1. The molecule has 166 valence electrons. The summed E-state index contributed by atoms with van der Waals surface area (Å²) in [6.45, 7) is 1.93. The minimum atomic E-state index is -0.496. The van der Waals surface area contributed by atoms with Gasteiger partial charge in [0.05, 0.1) is 29.8 Å². The lowest BCUT2D eigenvalue weighted by Gasteiger charge is -2.28. The van der Waals surface area contributed by atoms with Crippen molar-refractivity contribution in [3.63, 3.8) is 0 Å². The fourth-order valence-corrected chi connectivity index (χ4v) is 4.30. The van der Waals surface area contributed by atoms with Gasteiger partial charge in [-0.3, -0.25) is 14.5 Å². The molecule has 0 atom stereocenters. The molecule has 7 nitrogen and oxygen atoms in total. The number of carbonyl (C=O) groups is 1. The average Bonchev–Trinajstić information content (AvgIpc) is 2.80. The molecule has 0 spiro atoms. The highest BCUT2D eigenvalue weighted by Crippen LogP contribution is 2.23. The van der Waals surface area contributed by atoms with Gasteiger partial charge in [0.15, 0.2) is 5.16 Å². The first kappa shape index (κ1) is 22.0. The maximum absolute atomic E-state index is 13.7. The monoisotopic (exact) mass is 454 g/mol. The molecule has 0 saturated heterocycles. The fourth-order valence-electron chi connectivity index (χ4n) is 3.62. The van der Waals surface area contributed by atoms with Crippen LogP contribution in [0.5, 0.6) is 5.75 Å². The zero-order valence-electron chi connectivity index (χ0n) is 17.6. The number of benzene rings is 2. The number of nitrogens with one attached hydrogen (secondary N) is 2. The number of halogens is 1. The molecule has 9 heteroatoms. The number of fused-ring (bicyclic) bond motifs is 1. The van der Waals surface area contributed by atoms with Gasteiger partial charge in [-0.1, -0.05) is 42.1 Å². The molecule has 3 aromatic rings. The normalized spacial score (nSPS) is 13.4. The number of rotatable bonds is 7. The van der Waals surface area contributed by atoms with E-state index < -0.39 is 5.82 Å². The zero-order chi connectivity index (χ0) is 22.5. The van der Waals surface area contributed by atoms with Crippen LogP contribution in [-0.2, 0) is 24.3 Å². The van der Waals surface area contributed by atoms with E-state index in [1.54, 1.807) is 19.2 Å². The number of aromatic nitrogens is 2. The summed E-state index contributed by atoms with van der Waals surface area (Å²) in [5.41, 5.74) is 2.39. The number of carbonyl (C=O) groups excluding carboxylic acids is 1. The first-order valence-electron chi connectivity index (χ1n) is 10.2. The maximum atomic E-state index is 13.7. The first-order chi connectivity index (χ1) is 15.5. The molecule has 0 aliphatic carbocycles. The number of hydrogen-bond donors (Lipinski definition) is 2.